The molecule has 236 valence electrons. The average Bonchev–Trinajstić information content (AvgIpc) is 3.46. The lowest BCUT2D eigenvalue weighted by molar-refractivity contribution is -0.145. The minimum Gasteiger partial charge on any atom is -0.497 e. The standard InChI is InChI=1S/C35H38N2O8/c1-5-43-31(38)20-24-19-30(45-33(24)37-21-23(2)32(39)36-34(37)40)22-44-35(25-9-7-6-8-10-25,26-11-15-28(41-3)16-12-26)27-13-17-29(42-4)18-14-27/h6-18,21,24,30,33H,5,19-20,22H2,1-4H3,(H,36,39,40)/t24-,30-,33+/m0/s1. The van der Waals surface area contributed by atoms with Gasteiger partial charge in [0.1, 0.15) is 23.3 Å². The van der Waals surface area contributed by atoms with Crippen molar-refractivity contribution in [2.45, 2.75) is 44.6 Å². The van der Waals surface area contributed by atoms with E-state index in [0.29, 0.717) is 23.5 Å². The number of carbonyl (C=O) groups is 1. The van der Waals surface area contributed by atoms with Gasteiger partial charge in [-0.05, 0) is 61.2 Å². The minimum absolute atomic E-state index is 0.0421. The molecule has 45 heavy (non-hydrogen) atoms. The van der Waals surface area contributed by atoms with Crippen LogP contribution in [-0.2, 0) is 24.6 Å². The second-order valence-corrected chi connectivity index (χ2v) is 10.9. The van der Waals surface area contributed by atoms with Crippen LogP contribution in [0.4, 0.5) is 0 Å². The molecule has 2 heterocycles. The van der Waals surface area contributed by atoms with E-state index in [4.69, 9.17) is 23.7 Å². The SMILES string of the molecule is CCOC(=O)C[C@@H]1C[C@@H](COC(c2ccccc2)(c2ccc(OC)cc2)c2ccc(OC)cc2)O[C@H]1n1cc(C)c(=O)[nH]c1=O. The highest BCUT2D eigenvalue weighted by atomic mass is 16.6. The Morgan fingerprint density at radius 2 is 1.49 bits per heavy atom. The molecule has 0 saturated carbocycles. The molecule has 1 aromatic heterocycles. The molecule has 3 atom stereocenters. The molecule has 0 spiro atoms. The first kappa shape index (κ1) is 31.7. The maximum Gasteiger partial charge on any atom is 0.330 e. The Morgan fingerprint density at radius 1 is 0.911 bits per heavy atom. The summed E-state index contributed by atoms with van der Waals surface area (Å²) < 4.78 is 30.9. The molecular weight excluding hydrogens is 576 g/mol. The summed E-state index contributed by atoms with van der Waals surface area (Å²) in [6.45, 7) is 3.72. The van der Waals surface area contributed by atoms with Crippen LogP contribution < -0.4 is 20.7 Å². The van der Waals surface area contributed by atoms with E-state index in [1.165, 1.54) is 10.8 Å². The van der Waals surface area contributed by atoms with Gasteiger partial charge >= 0.3 is 11.7 Å². The first-order valence-electron chi connectivity index (χ1n) is 14.9. The number of esters is 1. The molecule has 1 aliphatic rings. The van der Waals surface area contributed by atoms with E-state index in [1.807, 2.05) is 78.9 Å². The van der Waals surface area contributed by atoms with Gasteiger partial charge in [0.25, 0.3) is 5.56 Å². The number of aryl methyl sites for hydroxylation is 1. The molecule has 0 bridgehead atoms. The smallest absolute Gasteiger partial charge is 0.330 e. The number of H-pyrrole nitrogens is 1. The van der Waals surface area contributed by atoms with E-state index in [9.17, 15) is 14.4 Å². The Labute approximate surface area is 261 Å². The first-order valence-corrected chi connectivity index (χ1v) is 14.9. The van der Waals surface area contributed by atoms with Crippen molar-refractivity contribution in [3.63, 3.8) is 0 Å². The van der Waals surface area contributed by atoms with Gasteiger partial charge in [-0.25, -0.2) is 4.79 Å². The summed E-state index contributed by atoms with van der Waals surface area (Å²) in [5, 5.41) is 0. The van der Waals surface area contributed by atoms with Crippen molar-refractivity contribution in [3.05, 3.63) is 128 Å². The predicted octanol–water partition coefficient (Wildman–Crippen LogP) is 4.73. The number of hydrogen-bond acceptors (Lipinski definition) is 8. The van der Waals surface area contributed by atoms with Crippen LogP contribution in [-0.4, -0.2) is 49.1 Å². The summed E-state index contributed by atoms with van der Waals surface area (Å²) in [5.74, 6) is 0.637. The fourth-order valence-corrected chi connectivity index (χ4v) is 5.90. The quantitative estimate of drug-likeness (QED) is 0.180. The maximum atomic E-state index is 12.9. The largest absolute Gasteiger partial charge is 0.497 e. The first-order chi connectivity index (χ1) is 21.8. The number of aromatic amines is 1. The molecular formula is C35H38N2O8. The highest BCUT2D eigenvalue weighted by molar-refractivity contribution is 5.69. The minimum atomic E-state index is -1.07. The Bertz CT molecular complexity index is 1650. The third-order valence-electron chi connectivity index (χ3n) is 8.11. The molecule has 0 radical (unpaired) electrons. The summed E-state index contributed by atoms with van der Waals surface area (Å²) in [6, 6.07) is 25.4. The third-order valence-corrected chi connectivity index (χ3v) is 8.11. The van der Waals surface area contributed by atoms with E-state index in [0.717, 1.165) is 16.7 Å². The van der Waals surface area contributed by atoms with Gasteiger partial charge in [-0.2, -0.15) is 0 Å². The van der Waals surface area contributed by atoms with Crippen molar-refractivity contribution in [1.29, 1.82) is 0 Å². The van der Waals surface area contributed by atoms with Gasteiger partial charge in [-0.1, -0.05) is 54.6 Å². The van der Waals surface area contributed by atoms with Crippen molar-refractivity contribution in [2.24, 2.45) is 5.92 Å². The Kier molecular flexibility index (Phi) is 9.85. The highest BCUT2D eigenvalue weighted by Gasteiger charge is 2.43. The second-order valence-electron chi connectivity index (χ2n) is 10.9. The van der Waals surface area contributed by atoms with Gasteiger partial charge in [-0.3, -0.25) is 19.1 Å². The van der Waals surface area contributed by atoms with E-state index in [-0.39, 0.29) is 25.6 Å². The summed E-state index contributed by atoms with van der Waals surface area (Å²) in [6.07, 6.45) is 0.633. The molecule has 10 heteroatoms. The lowest BCUT2D eigenvalue weighted by Crippen LogP contribution is -2.36. The van der Waals surface area contributed by atoms with Crippen molar-refractivity contribution >= 4 is 5.97 Å². The molecule has 5 rings (SSSR count). The third kappa shape index (κ3) is 6.72. The summed E-state index contributed by atoms with van der Waals surface area (Å²) >= 11 is 0. The van der Waals surface area contributed by atoms with Crippen LogP contribution in [0.5, 0.6) is 11.5 Å². The number of methoxy groups -OCH3 is 2. The van der Waals surface area contributed by atoms with Gasteiger partial charge < -0.3 is 23.7 Å². The molecule has 10 nitrogen and oxygen atoms in total. The van der Waals surface area contributed by atoms with Crippen LogP contribution in [0.1, 0.15) is 48.2 Å². The van der Waals surface area contributed by atoms with Gasteiger partial charge in [0.15, 0.2) is 0 Å². The summed E-state index contributed by atoms with van der Waals surface area (Å²) in [4.78, 5) is 39.9. The Balaban J connectivity index is 1.55. The van der Waals surface area contributed by atoms with Crippen molar-refractivity contribution in [1.82, 2.24) is 9.55 Å². The zero-order valence-corrected chi connectivity index (χ0v) is 25.9. The molecule has 1 N–H and O–H groups in total. The van der Waals surface area contributed by atoms with Crippen molar-refractivity contribution < 1.29 is 28.5 Å². The topological polar surface area (TPSA) is 118 Å². The number of aromatic nitrogens is 2. The van der Waals surface area contributed by atoms with Crippen LogP contribution in [0.15, 0.2) is 94.6 Å². The molecule has 3 aromatic carbocycles. The number of hydrogen-bond donors (Lipinski definition) is 1. The Morgan fingerprint density at radius 3 is 2.04 bits per heavy atom. The molecule has 0 unspecified atom stereocenters. The second kappa shape index (κ2) is 14.0. The number of nitrogens with zero attached hydrogens (tertiary/aromatic N) is 1. The predicted molar refractivity (Wildman–Crippen MR) is 168 cm³/mol. The van der Waals surface area contributed by atoms with Crippen LogP contribution in [0, 0.1) is 12.8 Å². The van der Waals surface area contributed by atoms with Gasteiger partial charge in [-0.15, -0.1) is 0 Å². The molecule has 4 aromatic rings. The average molecular weight is 615 g/mol. The van der Waals surface area contributed by atoms with Crippen molar-refractivity contribution in [3.8, 4) is 11.5 Å². The fraction of sp³-hybridized carbons (Fsp3) is 0.343. The maximum absolute atomic E-state index is 12.9. The number of rotatable bonds is 12. The van der Waals surface area contributed by atoms with Crippen molar-refractivity contribution in [2.75, 3.05) is 27.4 Å². The van der Waals surface area contributed by atoms with Gasteiger partial charge in [0.2, 0.25) is 0 Å². The number of ether oxygens (including phenoxy) is 5. The molecule has 0 amide bonds. The van der Waals surface area contributed by atoms with E-state index < -0.39 is 35.1 Å². The zero-order chi connectivity index (χ0) is 32.0. The zero-order valence-electron chi connectivity index (χ0n) is 25.9. The molecule has 0 aliphatic carbocycles. The van der Waals surface area contributed by atoms with Crippen LogP contribution in [0.2, 0.25) is 0 Å². The Hall–Kier alpha value is -4.67. The lowest BCUT2D eigenvalue weighted by atomic mass is 9.80. The number of carbonyl (C=O) groups excluding carboxylic acids is 1. The molecule has 1 aliphatic heterocycles. The lowest BCUT2D eigenvalue weighted by Gasteiger charge is -2.37. The summed E-state index contributed by atoms with van der Waals surface area (Å²) in [7, 11) is 3.24. The number of nitrogens with one attached hydrogen (secondary N) is 1. The molecule has 1 fully saturated rings. The van der Waals surface area contributed by atoms with Crippen LogP contribution in [0.3, 0.4) is 0 Å². The van der Waals surface area contributed by atoms with Crippen LogP contribution >= 0.6 is 0 Å². The van der Waals surface area contributed by atoms with Crippen LogP contribution in [0.25, 0.3) is 0 Å². The van der Waals surface area contributed by atoms with Gasteiger partial charge in [0.05, 0.1) is 40.0 Å². The number of benzene rings is 3. The fourth-order valence-electron chi connectivity index (χ4n) is 5.90. The highest BCUT2D eigenvalue weighted by Crippen LogP contribution is 2.43. The van der Waals surface area contributed by atoms with E-state index in [1.54, 1.807) is 28.1 Å². The summed E-state index contributed by atoms with van der Waals surface area (Å²) in [5.41, 5.74) is 0.835. The molecule has 1 saturated heterocycles. The normalized spacial score (nSPS) is 18.0. The van der Waals surface area contributed by atoms with E-state index in [2.05, 4.69) is 4.98 Å². The van der Waals surface area contributed by atoms with Gasteiger partial charge in [0, 0.05) is 17.7 Å². The van der Waals surface area contributed by atoms with E-state index >= 15 is 0 Å². The monoisotopic (exact) mass is 614 g/mol.